The molecular formula is C11H19NO4. The first-order valence-electron chi connectivity index (χ1n) is 5.47. The predicted octanol–water partition coefficient (Wildman–Crippen LogP) is 0.813. The van der Waals surface area contributed by atoms with Crippen LogP contribution in [0, 0.1) is 0 Å². The SMILES string of the molecule is CCC(=O)C(=O)NCCCC(=O)OC(C)C. The van der Waals surface area contributed by atoms with Crippen LogP contribution in [0.1, 0.15) is 40.0 Å². The van der Waals surface area contributed by atoms with E-state index in [0.29, 0.717) is 13.0 Å². The molecule has 92 valence electrons. The van der Waals surface area contributed by atoms with Crippen molar-refractivity contribution in [3.63, 3.8) is 0 Å². The van der Waals surface area contributed by atoms with Gasteiger partial charge in [0.15, 0.2) is 0 Å². The number of esters is 1. The molecule has 0 radical (unpaired) electrons. The standard InChI is InChI=1S/C11H19NO4/c1-4-9(13)11(15)12-7-5-6-10(14)16-8(2)3/h8H,4-7H2,1-3H3,(H,12,15). The fourth-order valence-corrected chi connectivity index (χ4v) is 1.02. The van der Waals surface area contributed by atoms with Gasteiger partial charge < -0.3 is 10.1 Å². The van der Waals surface area contributed by atoms with Gasteiger partial charge in [0.1, 0.15) is 0 Å². The van der Waals surface area contributed by atoms with Crippen LogP contribution < -0.4 is 5.32 Å². The number of hydrogen-bond acceptors (Lipinski definition) is 4. The fourth-order valence-electron chi connectivity index (χ4n) is 1.02. The molecule has 0 bridgehead atoms. The molecule has 0 saturated heterocycles. The molecule has 0 unspecified atom stereocenters. The second kappa shape index (κ2) is 7.84. The number of ketones is 1. The average molecular weight is 229 g/mol. The Hall–Kier alpha value is -1.39. The highest BCUT2D eigenvalue weighted by Gasteiger charge is 2.10. The third-order valence-electron chi connectivity index (χ3n) is 1.78. The molecule has 1 N–H and O–H groups in total. The lowest BCUT2D eigenvalue weighted by molar-refractivity contribution is -0.147. The van der Waals surface area contributed by atoms with E-state index in [2.05, 4.69) is 5.32 Å². The first-order valence-corrected chi connectivity index (χ1v) is 5.47. The zero-order valence-electron chi connectivity index (χ0n) is 10.0. The lowest BCUT2D eigenvalue weighted by Crippen LogP contribution is -2.31. The molecule has 0 fully saturated rings. The largest absolute Gasteiger partial charge is 0.463 e. The molecule has 0 aliphatic heterocycles. The van der Waals surface area contributed by atoms with E-state index in [1.165, 1.54) is 0 Å². The predicted molar refractivity (Wildman–Crippen MR) is 58.8 cm³/mol. The van der Waals surface area contributed by atoms with Gasteiger partial charge in [-0.2, -0.15) is 0 Å². The van der Waals surface area contributed by atoms with Crippen LogP contribution in [0.2, 0.25) is 0 Å². The smallest absolute Gasteiger partial charge is 0.306 e. The molecule has 0 rings (SSSR count). The molecule has 0 aliphatic carbocycles. The Labute approximate surface area is 95.5 Å². The van der Waals surface area contributed by atoms with Crippen molar-refractivity contribution < 1.29 is 19.1 Å². The van der Waals surface area contributed by atoms with Gasteiger partial charge >= 0.3 is 5.97 Å². The Morgan fingerprint density at radius 1 is 1.25 bits per heavy atom. The quantitative estimate of drug-likeness (QED) is 0.398. The summed E-state index contributed by atoms with van der Waals surface area (Å²) in [6.07, 6.45) is 0.803. The van der Waals surface area contributed by atoms with Crippen LogP contribution >= 0.6 is 0 Å². The second-order valence-corrected chi connectivity index (χ2v) is 3.67. The van der Waals surface area contributed by atoms with Crippen LogP contribution in [0.4, 0.5) is 0 Å². The van der Waals surface area contributed by atoms with Gasteiger partial charge in [-0.1, -0.05) is 6.92 Å². The summed E-state index contributed by atoms with van der Waals surface area (Å²) in [5.74, 6) is -1.31. The van der Waals surface area contributed by atoms with Crippen LogP contribution in [0.15, 0.2) is 0 Å². The first-order chi connectivity index (χ1) is 7.47. The summed E-state index contributed by atoms with van der Waals surface area (Å²) in [5, 5.41) is 2.45. The Kier molecular flexibility index (Phi) is 7.16. The maximum Gasteiger partial charge on any atom is 0.306 e. The van der Waals surface area contributed by atoms with E-state index in [4.69, 9.17) is 4.74 Å². The van der Waals surface area contributed by atoms with E-state index in [0.717, 1.165) is 0 Å². The van der Waals surface area contributed by atoms with Crippen molar-refractivity contribution in [1.29, 1.82) is 0 Å². The van der Waals surface area contributed by atoms with Gasteiger partial charge in [-0.25, -0.2) is 0 Å². The Balaban J connectivity index is 3.57. The van der Waals surface area contributed by atoms with Crippen molar-refractivity contribution in [2.24, 2.45) is 0 Å². The van der Waals surface area contributed by atoms with Crippen molar-refractivity contribution in [3.8, 4) is 0 Å². The van der Waals surface area contributed by atoms with Crippen LogP contribution in [0.5, 0.6) is 0 Å². The maximum absolute atomic E-state index is 11.1. The van der Waals surface area contributed by atoms with Gasteiger partial charge in [0.25, 0.3) is 5.91 Å². The molecule has 0 spiro atoms. The van der Waals surface area contributed by atoms with Crippen LogP contribution in [0.3, 0.4) is 0 Å². The van der Waals surface area contributed by atoms with Gasteiger partial charge in [0.05, 0.1) is 6.10 Å². The maximum atomic E-state index is 11.1. The summed E-state index contributed by atoms with van der Waals surface area (Å²) in [4.78, 5) is 33.0. The third kappa shape index (κ3) is 6.98. The molecular weight excluding hydrogens is 210 g/mol. The van der Waals surface area contributed by atoms with Crippen molar-refractivity contribution >= 4 is 17.7 Å². The zero-order valence-corrected chi connectivity index (χ0v) is 10.0. The summed E-state index contributed by atoms with van der Waals surface area (Å²) in [7, 11) is 0. The Morgan fingerprint density at radius 3 is 2.38 bits per heavy atom. The van der Waals surface area contributed by atoms with Crippen molar-refractivity contribution in [2.75, 3.05) is 6.54 Å². The number of hydrogen-bond donors (Lipinski definition) is 1. The number of rotatable bonds is 7. The van der Waals surface area contributed by atoms with Crippen LogP contribution in [-0.2, 0) is 19.1 Å². The molecule has 0 saturated carbocycles. The summed E-state index contributed by atoms with van der Waals surface area (Å²) in [6, 6.07) is 0. The number of carbonyl (C=O) groups is 3. The lowest BCUT2D eigenvalue weighted by atomic mass is 10.2. The van der Waals surface area contributed by atoms with Gasteiger partial charge in [0, 0.05) is 19.4 Å². The van der Waals surface area contributed by atoms with Gasteiger partial charge in [-0.3, -0.25) is 14.4 Å². The van der Waals surface area contributed by atoms with E-state index in [1.54, 1.807) is 20.8 Å². The molecule has 1 amide bonds. The molecule has 0 heterocycles. The molecule has 0 aromatic carbocycles. The van der Waals surface area contributed by atoms with Crippen LogP contribution in [-0.4, -0.2) is 30.3 Å². The highest BCUT2D eigenvalue weighted by molar-refractivity contribution is 6.36. The number of nitrogens with one attached hydrogen (secondary N) is 1. The number of carbonyl (C=O) groups excluding carboxylic acids is 3. The monoisotopic (exact) mass is 229 g/mol. The van der Waals surface area contributed by atoms with Gasteiger partial charge in [-0.15, -0.1) is 0 Å². The Bertz CT molecular complexity index is 261. The molecule has 0 aromatic heterocycles. The fraction of sp³-hybridized carbons (Fsp3) is 0.727. The molecule has 5 nitrogen and oxygen atoms in total. The molecule has 0 atom stereocenters. The van der Waals surface area contributed by atoms with E-state index in [-0.39, 0.29) is 24.9 Å². The minimum absolute atomic E-state index is 0.122. The highest BCUT2D eigenvalue weighted by Crippen LogP contribution is 1.96. The molecule has 5 heteroatoms. The topological polar surface area (TPSA) is 72.5 Å². The molecule has 16 heavy (non-hydrogen) atoms. The third-order valence-corrected chi connectivity index (χ3v) is 1.78. The first kappa shape index (κ1) is 14.6. The summed E-state index contributed by atoms with van der Waals surface area (Å²) < 4.78 is 4.91. The van der Waals surface area contributed by atoms with E-state index >= 15 is 0 Å². The van der Waals surface area contributed by atoms with Crippen molar-refractivity contribution in [3.05, 3.63) is 0 Å². The lowest BCUT2D eigenvalue weighted by Gasteiger charge is -2.07. The van der Waals surface area contributed by atoms with Crippen LogP contribution in [0.25, 0.3) is 0 Å². The summed E-state index contributed by atoms with van der Waals surface area (Å²) >= 11 is 0. The van der Waals surface area contributed by atoms with Crippen molar-refractivity contribution in [2.45, 2.75) is 46.1 Å². The average Bonchev–Trinajstić information content (AvgIpc) is 2.21. The minimum Gasteiger partial charge on any atom is -0.463 e. The highest BCUT2D eigenvalue weighted by atomic mass is 16.5. The van der Waals surface area contributed by atoms with E-state index < -0.39 is 11.7 Å². The van der Waals surface area contributed by atoms with Gasteiger partial charge in [-0.05, 0) is 20.3 Å². The van der Waals surface area contributed by atoms with E-state index in [1.807, 2.05) is 0 Å². The minimum atomic E-state index is -0.584. The van der Waals surface area contributed by atoms with Gasteiger partial charge in [0.2, 0.25) is 5.78 Å². The zero-order chi connectivity index (χ0) is 12.6. The molecule has 0 aliphatic rings. The second-order valence-electron chi connectivity index (χ2n) is 3.67. The number of amides is 1. The Morgan fingerprint density at radius 2 is 1.88 bits per heavy atom. The number of Topliss-reactive ketones (excluding diaryl/α,β-unsaturated/α-hetero) is 1. The summed E-state index contributed by atoms with van der Waals surface area (Å²) in [6.45, 7) is 5.50. The number of ether oxygens (including phenoxy) is 1. The van der Waals surface area contributed by atoms with Crippen molar-refractivity contribution in [1.82, 2.24) is 5.32 Å². The van der Waals surface area contributed by atoms with E-state index in [9.17, 15) is 14.4 Å². The molecule has 0 aromatic rings. The summed E-state index contributed by atoms with van der Waals surface area (Å²) in [5.41, 5.74) is 0. The normalized spacial score (nSPS) is 10.0.